The lowest BCUT2D eigenvalue weighted by atomic mass is 10.1. The molecule has 0 unspecified atom stereocenters. The average molecular weight is 502 g/mol. The van der Waals surface area contributed by atoms with Gasteiger partial charge in [0.05, 0.1) is 15.1 Å². The number of aromatic nitrogens is 1. The van der Waals surface area contributed by atoms with Crippen LogP contribution in [0, 0.1) is 13.8 Å². The van der Waals surface area contributed by atoms with Crippen LogP contribution in [0.3, 0.4) is 0 Å². The molecule has 0 atom stereocenters. The number of carbonyl (C=O) groups is 1. The number of benzene rings is 2. The molecule has 9 heteroatoms. The molecule has 0 spiro atoms. The number of piperidine rings is 1. The lowest BCUT2D eigenvalue weighted by Gasteiger charge is -2.31. The summed E-state index contributed by atoms with van der Waals surface area (Å²) in [5.41, 5.74) is 3.83. The van der Waals surface area contributed by atoms with E-state index in [2.05, 4.69) is 31.0 Å². The van der Waals surface area contributed by atoms with E-state index in [0.29, 0.717) is 36.9 Å². The summed E-state index contributed by atoms with van der Waals surface area (Å²) in [6.45, 7) is 9.76. The number of aryl methyl sites for hydroxylation is 2. The summed E-state index contributed by atoms with van der Waals surface area (Å²) in [5.74, 6) is -0.0866. The molecule has 1 aliphatic rings. The fraction of sp³-hybridized carbons (Fsp3) is 0.440. The molecule has 3 aromatic rings. The number of fused-ring (bicyclic) bond motifs is 1. The quantitative estimate of drug-likeness (QED) is 0.472. The van der Waals surface area contributed by atoms with Gasteiger partial charge < -0.3 is 9.64 Å². The lowest BCUT2D eigenvalue weighted by molar-refractivity contribution is 0.0595. The number of amides is 1. The van der Waals surface area contributed by atoms with Crippen LogP contribution >= 0.6 is 11.3 Å². The SMILES string of the molecule is CCN(CC)S(=O)(=O)c1ccc(C(=O)N2CCC(Oc3nc4c(C)ccc(C)c4s3)CC2)cc1. The summed E-state index contributed by atoms with van der Waals surface area (Å²) >= 11 is 1.58. The number of carbonyl (C=O) groups excluding carboxylic acids is 1. The maximum atomic E-state index is 13.0. The maximum Gasteiger partial charge on any atom is 0.274 e. The molecule has 1 aliphatic heterocycles. The van der Waals surface area contributed by atoms with Gasteiger partial charge in [-0.05, 0) is 49.2 Å². The first-order chi connectivity index (χ1) is 16.2. The monoisotopic (exact) mass is 501 g/mol. The van der Waals surface area contributed by atoms with E-state index in [9.17, 15) is 13.2 Å². The minimum atomic E-state index is -3.53. The van der Waals surface area contributed by atoms with Crippen molar-refractivity contribution in [1.82, 2.24) is 14.2 Å². The standard InChI is InChI=1S/C25H31N3O4S2/c1-5-28(6-2)34(30,31)21-11-9-19(10-12-21)24(29)27-15-13-20(14-16-27)32-25-26-22-17(3)7-8-18(4)23(22)33-25/h7-12,20H,5-6,13-16H2,1-4H3. The van der Waals surface area contributed by atoms with Crippen molar-refractivity contribution in [2.45, 2.75) is 51.5 Å². The highest BCUT2D eigenvalue weighted by Gasteiger charge is 2.27. The van der Waals surface area contributed by atoms with Crippen LogP contribution in [0.5, 0.6) is 5.19 Å². The van der Waals surface area contributed by atoms with Crippen molar-refractivity contribution in [1.29, 1.82) is 0 Å². The summed E-state index contributed by atoms with van der Waals surface area (Å²) in [7, 11) is -3.53. The number of likely N-dealkylation sites (tertiary alicyclic amines) is 1. The number of hydrogen-bond acceptors (Lipinski definition) is 6. The fourth-order valence-electron chi connectivity index (χ4n) is 4.27. The Morgan fingerprint density at radius 2 is 1.68 bits per heavy atom. The van der Waals surface area contributed by atoms with E-state index >= 15 is 0 Å². The molecule has 1 saturated heterocycles. The summed E-state index contributed by atoms with van der Waals surface area (Å²) in [4.78, 5) is 19.7. The van der Waals surface area contributed by atoms with Gasteiger partial charge in [0.2, 0.25) is 10.0 Å². The van der Waals surface area contributed by atoms with Gasteiger partial charge in [-0.15, -0.1) is 0 Å². The molecule has 1 aromatic heterocycles. The Labute approximate surface area is 205 Å². The fourth-order valence-corrected chi connectivity index (χ4v) is 6.76. The molecule has 34 heavy (non-hydrogen) atoms. The molecule has 0 N–H and O–H groups in total. The molecule has 2 heterocycles. The summed E-state index contributed by atoms with van der Waals surface area (Å²) < 4.78 is 34.1. The number of ether oxygens (including phenoxy) is 1. The molecule has 2 aromatic carbocycles. The molecule has 182 valence electrons. The molecule has 0 aliphatic carbocycles. The third kappa shape index (κ3) is 4.82. The minimum absolute atomic E-state index is 0.0202. The zero-order chi connectivity index (χ0) is 24.5. The van der Waals surface area contributed by atoms with Crippen LogP contribution in [-0.4, -0.2) is 60.8 Å². The summed E-state index contributed by atoms with van der Waals surface area (Å²) in [5, 5.41) is 0.683. The molecule has 4 rings (SSSR count). The number of rotatable bonds is 7. The average Bonchev–Trinajstić information content (AvgIpc) is 3.27. The second kappa shape index (κ2) is 10.0. The summed E-state index contributed by atoms with van der Waals surface area (Å²) in [6, 6.07) is 10.4. The van der Waals surface area contributed by atoms with Gasteiger partial charge >= 0.3 is 0 Å². The maximum absolute atomic E-state index is 13.0. The predicted octanol–water partition coefficient (Wildman–Crippen LogP) is 4.63. The van der Waals surface area contributed by atoms with Crippen LogP contribution in [0.25, 0.3) is 10.2 Å². The number of thiazole rings is 1. The Kier molecular flexibility index (Phi) is 7.25. The number of nitrogens with zero attached hydrogens (tertiary/aromatic N) is 3. The van der Waals surface area contributed by atoms with E-state index in [1.165, 1.54) is 22.0 Å². The van der Waals surface area contributed by atoms with E-state index in [1.807, 2.05) is 13.8 Å². The molecule has 0 saturated carbocycles. The van der Waals surface area contributed by atoms with Crippen molar-refractivity contribution >= 4 is 37.5 Å². The van der Waals surface area contributed by atoms with E-state index in [4.69, 9.17) is 4.74 Å². The second-order valence-electron chi connectivity index (χ2n) is 8.58. The molecule has 0 radical (unpaired) electrons. The Balaban J connectivity index is 1.37. The van der Waals surface area contributed by atoms with Crippen LogP contribution in [0.4, 0.5) is 0 Å². The van der Waals surface area contributed by atoms with Gasteiger partial charge in [0, 0.05) is 44.6 Å². The molecular weight excluding hydrogens is 470 g/mol. The van der Waals surface area contributed by atoms with Crippen molar-refractivity contribution in [3.8, 4) is 5.19 Å². The van der Waals surface area contributed by atoms with Crippen molar-refractivity contribution < 1.29 is 17.9 Å². The lowest BCUT2D eigenvalue weighted by Crippen LogP contribution is -2.41. The van der Waals surface area contributed by atoms with E-state index in [1.54, 1.807) is 28.4 Å². The molecular formula is C25H31N3O4S2. The predicted molar refractivity (Wildman–Crippen MR) is 135 cm³/mol. The van der Waals surface area contributed by atoms with Gasteiger partial charge in [0.25, 0.3) is 11.1 Å². The van der Waals surface area contributed by atoms with Crippen molar-refractivity contribution in [3.63, 3.8) is 0 Å². The van der Waals surface area contributed by atoms with Gasteiger partial charge in [-0.1, -0.05) is 37.3 Å². The van der Waals surface area contributed by atoms with Crippen molar-refractivity contribution in [2.75, 3.05) is 26.2 Å². The minimum Gasteiger partial charge on any atom is -0.467 e. The highest BCUT2D eigenvalue weighted by molar-refractivity contribution is 7.89. The zero-order valence-corrected chi connectivity index (χ0v) is 21.7. The Bertz CT molecular complexity index is 1230. The van der Waals surface area contributed by atoms with Gasteiger partial charge in [0.1, 0.15) is 6.10 Å². The summed E-state index contributed by atoms with van der Waals surface area (Å²) in [6.07, 6.45) is 1.48. The smallest absolute Gasteiger partial charge is 0.274 e. The topological polar surface area (TPSA) is 79.8 Å². The normalized spacial score (nSPS) is 15.3. The Hall–Kier alpha value is -2.49. The Morgan fingerprint density at radius 3 is 2.26 bits per heavy atom. The van der Waals surface area contributed by atoms with Gasteiger partial charge in [-0.3, -0.25) is 4.79 Å². The Morgan fingerprint density at radius 1 is 1.06 bits per heavy atom. The number of sulfonamides is 1. The van der Waals surface area contributed by atoms with Crippen LogP contribution in [0.1, 0.15) is 48.2 Å². The van der Waals surface area contributed by atoms with E-state index in [-0.39, 0.29) is 16.9 Å². The van der Waals surface area contributed by atoms with Crippen LogP contribution in [-0.2, 0) is 10.0 Å². The van der Waals surface area contributed by atoms with Gasteiger partial charge in [-0.2, -0.15) is 4.31 Å². The first-order valence-corrected chi connectivity index (χ1v) is 13.9. The van der Waals surface area contributed by atoms with Gasteiger partial charge in [0.15, 0.2) is 0 Å². The van der Waals surface area contributed by atoms with Crippen LogP contribution in [0.15, 0.2) is 41.3 Å². The van der Waals surface area contributed by atoms with E-state index < -0.39 is 10.0 Å². The third-order valence-electron chi connectivity index (χ3n) is 6.36. The molecule has 0 bridgehead atoms. The van der Waals surface area contributed by atoms with Crippen molar-refractivity contribution in [2.24, 2.45) is 0 Å². The zero-order valence-electron chi connectivity index (χ0n) is 20.1. The van der Waals surface area contributed by atoms with Crippen LogP contribution in [0.2, 0.25) is 0 Å². The van der Waals surface area contributed by atoms with Crippen LogP contribution < -0.4 is 4.74 Å². The largest absolute Gasteiger partial charge is 0.467 e. The molecule has 1 amide bonds. The second-order valence-corrected chi connectivity index (χ2v) is 11.5. The van der Waals surface area contributed by atoms with Crippen molar-refractivity contribution in [3.05, 3.63) is 53.1 Å². The molecule has 1 fully saturated rings. The first kappa shape index (κ1) is 24.6. The van der Waals surface area contributed by atoms with E-state index in [0.717, 1.165) is 28.6 Å². The highest BCUT2D eigenvalue weighted by Crippen LogP contribution is 2.33. The molecule has 7 nitrogen and oxygen atoms in total. The number of hydrogen-bond donors (Lipinski definition) is 0. The highest BCUT2D eigenvalue weighted by atomic mass is 32.2. The first-order valence-electron chi connectivity index (χ1n) is 11.7. The third-order valence-corrected chi connectivity index (χ3v) is 9.51. The van der Waals surface area contributed by atoms with Gasteiger partial charge in [-0.25, -0.2) is 13.4 Å².